The minimum atomic E-state index is -0.0357. The van der Waals surface area contributed by atoms with Crippen molar-refractivity contribution < 1.29 is 4.79 Å². The molecule has 0 saturated carbocycles. The number of carbonyl (C=O) groups is 1. The summed E-state index contributed by atoms with van der Waals surface area (Å²) in [5.41, 5.74) is 0. The maximum absolute atomic E-state index is 11.5. The SMILES string of the molecule is CCC(Br)C(=O)NCC(C)CN1CCCC1. The predicted molar refractivity (Wildman–Crippen MR) is 70.9 cm³/mol. The monoisotopic (exact) mass is 290 g/mol. The normalized spacial score (nSPS) is 20.7. The summed E-state index contributed by atoms with van der Waals surface area (Å²) in [6.07, 6.45) is 3.50. The summed E-state index contributed by atoms with van der Waals surface area (Å²) in [6.45, 7) is 8.57. The second-order valence-corrected chi connectivity index (χ2v) is 5.84. The lowest BCUT2D eigenvalue weighted by Gasteiger charge is -2.20. The average molecular weight is 291 g/mol. The maximum atomic E-state index is 11.5. The molecule has 1 saturated heterocycles. The Balaban J connectivity index is 2.13. The molecule has 16 heavy (non-hydrogen) atoms. The molecule has 1 aliphatic heterocycles. The first kappa shape index (κ1) is 14.0. The van der Waals surface area contributed by atoms with Crippen LogP contribution < -0.4 is 5.32 Å². The van der Waals surface area contributed by atoms with Crippen molar-refractivity contribution in [2.45, 2.75) is 37.9 Å². The first-order valence-corrected chi connectivity index (χ1v) is 7.19. The second-order valence-electron chi connectivity index (χ2n) is 4.73. The van der Waals surface area contributed by atoms with Crippen molar-refractivity contribution in [3.63, 3.8) is 0 Å². The zero-order chi connectivity index (χ0) is 12.0. The van der Waals surface area contributed by atoms with Crippen LogP contribution >= 0.6 is 15.9 Å². The Labute approximate surface area is 107 Å². The molecular weight excluding hydrogens is 268 g/mol. The third-order valence-corrected chi connectivity index (χ3v) is 4.10. The van der Waals surface area contributed by atoms with Crippen LogP contribution in [0.3, 0.4) is 0 Å². The molecule has 0 aromatic heterocycles. The number of nitrogens with one attached hydrogen (secondary N) is 1. The molecule has 3 nitrogen and oxygen atoms in total. The molecule has 0 radical (unpaired) electrons. The summed E-state index contributed by atoms with van der Waals surface area (Å²) < 4.78 is 0. The summed E-state index contributed by atoms with van der Waals surface area (Å²) in [5, 5.41) is 2.99. The Morgan fingerprint density at radius 1 is 1.44 bits per heavy atom. The van der Waals surface area contributed by atoms with E-state index in [1.54, 1.807) is 0 Å². The number of halogens is 1. The van der Waals surface area contributed by atoms with Crippen molar-refractivity contribution >= 4 is 21.8 Å². The maximum Gasteiger partial charge on any atom is 0.233 e. The minimum Gasteiger partial charge on any atom is -0.355 e. The first-order valence-electron chi connectivity index (χ1n) is 6.27. The van der Waals surface area contributed by atoms with Crippen molar-refractivity contribution in [1.82, 2.24) is 10.2 Å². The van der Waals surface area contributed by atoms with Crippen LogP contribution in [0, 0.1) is 5.92 Å². The van der Waals surface area contributed by atoms with Gasteiger partial charge < -0.3 is 10.2 Å². The molecule has 1 N–H and O–H groups in total. The summed E-state index contributed by atoms with van der Waals surface area (Å²) in [6, 6.07) is 0. The average Bonchev–Trinajstić information content (AvgIpc) is 2.77. The highest BCUT2D eigenvalue weighted by Crippen LogP contribution is 2.10. The number of rotatable bonds is 6. The number of hydrogen-bond donors (Lipinski definition) is 1. The van der Waals surface area contributed by atoms with E-state index in [2.05, 4.69) is 33.1 Å². The Morgan fingerprint density at radius 2 is 2.06 bits per heavy atom. The van der Waals surface area contributed by atoms with Gasteiger partial charge in [0.15, 0.2) is 0 Å². The van der Waals surface area contributed by atoms with Crippen molar-refractivity contribution in [3.8, 4) is 0 Å². The van der Waals surface area contributed by atoms with Crippen molar-refractivity contribution in [1.29, 1.82) is 0 Å². The quantitative estimate of drug-likeness (QED) is 0.759. The summed E-state index contributed by atoms with van der Waals surface area (Å²) in [5.74, 6) is 0.661. The van der Waals surface area contributed by atoms with Crippen molar-refractivity contribution in [3.05, 3.63) is 0 Å². The number of likely N-dealkylation sites (tertiary alicyclic amines) is 1. The van der Waals surface area contributed by atoms with Crippen molar-refractivity contribution in [2.24, 2.45) is 5.92 Å². The van der Waals surface area contributed by atoms with E-state index in [1.807, 2.05) is 6.92 Å². The molecule has 2 unspecified atom stereocenters. The fourth-order valence-corrected chi connectivity index (χ4v) is 2.20. The van der Waals surface area contributed by atoms with Crippen LogP contribution in [-0.2, 0) is 4.79 Å². The predicted octanol–water partition coefficient (Wildman–Crippen LogP) is 2.01. The third-order valence-electron chi connectivity index (χ3n) is 3.04. The Bertz CT molecular complexity index is 217. The number of hydrogen-bond acceptors (Lipinski definition) is 2. The van der Waals surface area contributed by atoms with Gasteiger partial charge >= 0.3 is 0 Å². The molecule has 2 atom stereocenters. The fraction of sp³-hybridized carbons (Fsp3) is 0.917. The lowest BCUT2D eigenvalue weighted by atomic mass is 10.1. The van der Waals surface area contributed by atoms with Crippen LogP contribution in [-0.4, -0.2) is 41.8 Å². The Morgan fingerprint density at radius 3 is 2.62 bits per heavy atom. The molecule has 94 valence electrons. The molecule has 0 spiro atoms. The van der Waals surface area contributed by atoms with E-state index in [1.165, 1.54) is 25.9 Å². The van der Waals surface area contributed by atoms with Gasteiger partial charge in [-0.05, 0) is 38.3 Å². The van der Waals surface area contributed by atoms with Gasteiger partial charge in [-0.1, -0.05) is 29.8 Å². The molecular formula is C12H23BrN2O. The number of nitrogens with zero attached hydrogens (tertiary/aromatic N) is 1. The molecule has 1 heterocycles. The van der Waals surface area contributed by atoms with E-state index < -0.39 is 0 Å². The number of alkyl halides is 1. The van der Waals surface area contributed by atoms with Crippen LogP contribution in [0.1, 0.15) is 33.1 Å². The largest absolute Gasteiger partial charge is 0.355 e. The number of carbonyl (C=O) groups excluding carboxylic acids is 1. The van der Waals surface area contributed by atoms with Gasteiger partial charge in [0.2, 0.25) is 5.91 Å². The molecule has 4 heteroatoms. The van der Waals surface area contributed by atoms with Gasteiger partial charge in [0.05, 0.1) is 4.83 Å². The van der Waals surface area contributed by atoms with Crippen LogP contribution in [0.2, 0.25) is 0 Å². The molecule has 0 bridgehead atoms. The molecule has 1 rings (SSSR count). The molecule has 1 amide bonds. The smallest absolute Gasteiger partial charge is 0.233 e. The first-order chi connectivity index (χ1) is 7.63. The lowest BCUT2D eigenvalue weighted by molar-refractivity contribution is -0.120. The second kappa shape index (κ2) is 7.28. The lowest BCUT2D eigenvalue weighted by Crippen LogP contribution is -2.37. The van der Waals surface area contributed by atoms with Crippen LogP contribution in [0.25, 0.3) is 0 Å². The minimum absolute atomic E-state index is 0.0357. The van der Waals surface area contributed by atoms with E-state index in [0.29, 0.717) is 5.92 Å². The fourth-order valence-electron chi connectivity index (χ4n) is 2.04. The van der Waals surface area contributed by atoms with E-state index in [4.69, 9.17) is 0 Å². The Hall–Kier alpha value is -0.0900. The van der Waals surface area contributed by atoms with Gasteiger partial charge in [0, 0.05) is 13.1 Å². The Kier molecular flexibility index (Phi) is 6.36. The highest BCUT2D eigenvalue weighted by Gasteiger charge is 2.16. The highest BCUT2D eigenvalue weighted by molar-refractivity contribution is 9.10. The highest BCUT2D eigenvalue weighted by atomic mass is 79.9. The number of amides is 1. The summed E-state index contributed by atoms with van der Waals surface area (Å²) in [4.78, 5) is 14.0. The van der Waals surface area contributed by atoms with E-state index in [0.717, 1.165) is 19.5 Å². The topological polar surface area (TPSA) is 32.3 Å². The van der Waals surface area contributed by atoms with E-state index in [9.17, 15) is 4.79 Å². The zero-order valence-corrected chi connectivity index (χ0v) is 11.9. The van der Waals surface area contributed by atoms with Gasteiger partial charge in [-0.2, -0.15) is 0 Å². The van der Waals surface area contributed by atoms with Crippen LogP contribution in [0.4, 0.5) is 0 Å². The van der Waals surface area contributed by atoms with E-state index in [-0.39, 0.29) is 10.7 Å². The van der Waals surface area contributed by atoms with Gasteiger partial charge in [-0.25, -0.2) is 0 Å². The molecule has 0 aromatic rings. The van der Waals surface area contributed by atoms with Gasteiger partial charge in [0.25, 0.3) is 0 Å². The van der Waals surface area contributed by atoms with E-state index >= 15 is 0 Å². The zero-order valence-electron chi connectivity index (χ0n) is 10.3. The molecule has 0 aliphatic carbocycles. The molecule has 0 aromatic carbocycles. The third kappa shape index (κ3) is 4.83. The standard InChI is InChI=1S/C12H23BrN2O/c1-3-11(13)12(16)14-8-10(2)9-15-6-4-5-7-15/h10-11H,3-9H2,1-2H3,(H,14,16). The van der Waals surface area contributed by atoms with Crippen molar-refractivity contribution in [2.75, 3.05) is 26.2 Å². The van der Waals surface area contributed by atoms with Gasteiger partial charge in [0.1, 0.15) is 0 Å². The summed E-state index contributed by atoms with van der Waals surface area (Å²) >= 11 is 3.36. The molecule has 1 aliphatic rings. The van der Waals surface area contributed by atoms with Gasteiger partial charge in [-0.15, -0.1) is 0 Å². The molecule has 1 fully saturated rings. The van der Waals surface area contributed by atoms with Crippen LogP contribution in [0.15, 0.2) is 0 Å². The van der Waals surface area contributed by atoms with Gasteiger partial charge in [-0.3, -0.25) is 4.79 Å². The summed E-state index contributed by atoms with van der Waals surface area (Å²) in [7, 11) is 0. The van der Waals surface area contributed by atoms with Crippen LogP contribution in [0.5, 0.6) is 0 Å².